The van der Waals surface area contributed by atoms with Crippen LogP contribution in [-0.4, -0.2) is 42.2 Å². The Bertz CT molecular complexity index is 756. The highest BCUT2D eigenvalue weighted by atomic mass is 32.2. The Labute approximate surface area is 162 Å². The molecule has 0 saturated heterocycles. The van der Waals surface area contributed by atoms with Crippen LogP contribution in [-0.2, 0) is 10.8 Å². The van der Waals surface area contributed by atoms with Gasteiger partial charge < -0.3 is 15.4 Å². The molecule has 0 radical (unpaired) electrons. The molecule has 2 aromatic carbocycles. The third-order valence-corrected chi connectivity index (χ3v) is 5.27. The van der Waals surface area contributed by atoms with Gasteiger partial charge in [0.2, 0.25) is 0 Å². The molecule has 0 aliphatic heterocycles. The first kappa shape index (κ1) is 20.9. The lowest BCUT2D eigenvalue weighted by molar-refractivity contribution is 0.191. The van der Waals surface area contributed by atoms with Crippen molar-refractivity contribution in [3.63, 3.8) is 0 Å². The maximum absolute atomic E-state index is 13.7. The molecule has 0 amide bonds. The first-order valence-corrected chi connectivity index (χ1v) is 10.2. The number of aliphatic imine (C=N–C) groups is 1. The van der Waals surface area contributed by atoms with Gasteiger partial charge in [-0.1, -0.05) is 37.3 Å². The van der Waals surface area contributed by atoms with Crippen LogP contribution in [0.15, 0.2) is 64.5 Å². The molecule has 27 heavy (non-hydrogen) atoms. The van der Waals surface area contributed by atoms with Gasteiger partial charge in [-0.05, 0) is 30.7 Å². The Morgan fingerprint density at radius 2 is 1.85 bits per heavy atom. The second-order valence-corrected chi connectivity index (χ2v) is 7.39. The van der Waals surface area contributed by atoms with E-state index >= 15 is 0 Å². The lowest BCUT2D eigenvalue weighted by Gasteiger charge is -2.20. The number of ether oxygens (including phenoxy) is 1. The van der Waals surface area contributed by atoms with Crippen LogP contribution >= 0.6 is 0 Å². The maximum Gasteiger partial charge on any atom is 0.191 e. The summed E-state index contributed by atoms with van der Waals surface area (Å²) in [5.41, 5.74) is 0. The van der Waals surface area contributed by atoms with E-state index in [-0.39, 0.29) is 17.7 Å². The van der Waals surface area contributed by atoms with E-state index in [4.69, 9.17) is 4.74 Å². The molecule has 0 aliphatic rings. The van der Waals surface area contributed by atoms with Crippen molar-refractivity contribution < 1.29 is 13.3 Å². The van der Waals surface area contributed by atoms with Crippen molar-refractivity contribution in [1.82, 2.24) is 10.6 Å². The summed E-state index contributed by atoms with van der Waals surface area (Å²) < 4.78 is 31.7. The van der Waals surface area contributed by atoms with E-state index in [0.29, 0.717) is 24.8 Å². The molecule has 2 atom stereocenters. The Balaban J connectivity index is 1.77. The van der Waals surface area contributed by atoms with Crippen LogP contribution in [0.5, 0.6) is 5.75 Å². The van der Waals surface area contributed by atoms with Gasteiger partial charge in [-0.3, -0.25) is 9.20 Å². The Morgan fingerprint density at radius 1 is 1.15 bits per heavy atom. The smallest absolute Gasteiger partial charge is 0.191 e. The summed E-state index contributed by atoms with van der Waals surface area (Å²) >= 11 is 0. The maximum atomic E-state index is 13.7. The van der Waals surface area contributed by atoms with E-state index in [0.717, 1.165) is 11.3 Å². The van der Waals surface area contributed by atoms with Crippen molar-refractivity contribution in [3.8, 4) is 5.75 Å². The van der Waals surface area contributed by atoms with Crippen LogP contribution in [0.3, 0.4) is 0 Å². The van der Waals surface area contributed by atoms with E-state index < -0.39 is 10.8 Å². The van der Waals surface area contributed by atoms with Gasteiger partial charge >= 0.3 is 0 Å². The average molecular weight is 392 g/mol. The zero-order chi connectivity index (χ0) is 19.5. The molecule has 0 bridgehead atoms. The fraction of sp³-hybridized carbons (Fsp3) is 0.350. The van der Waals surface area contributed by atoms with Crippen molar-refractivity contribution in [3.05, 3.63) is 60.4 Å². The molecule has 0 fully saturated rings. The topological polar surface area (TPSA) is 62.7 Å². The van der Waals surface area contributed by atoms with Crippen LogP contribution < -0.4 is 15.4 Å². The van der Waals surface area contributed by atoms with Gasteiger partial charge in [0.05, 0.1) is 17.3 Å². The number of hydrogen-bond donors (Lipinski definition) is 2. The normalized spacial score (nSPS) is 13.7. The molecule has 146 valence electrons. The molecular formula is C20H26FN3O2S. The average Bonchev–Trinajstić information content (AvgIpc) is 2.71. The molecule has 0 saturated carbocycles. The largest absolute Gasteiger partial charge is 0.486 e. The summed E-state index contributed by atoms with van der Waals surface area (Å²) in [4.78, 5) is 4.97. The van der Waals surface area contributed by atoms with Crippen molar-refractivity contribution in [2.45, 2.75) is 24.3 Å². The second-order valence-electron chi connectivity index (χ2n) is 5.82. The molecule has 2 N–H and O–H groups in total. The number of nitrogens with zero attached hydrogens (tertiary/aromatic N) is 1. The molecule has 0 aliphatic carbocycles. The minimum Gasteiger partial charge on any atom is -0.486 e. The number of nitrogens with one attached hydrogen (secondary N) is 2. The molecule has 7 heteroatoms. The van der Waals surface area contributed by atoms with Crippen LogP contribution in [0.2, 0.25) is 0 Å². The molecule has 0 spiro atoms. The second kappa shape index (κ2) is 11.3. The lowest BCUT2D eigenvalue weighted by atomic mass is 10.2. The molecular weight excluding hydrogens is 365 g/mol. The Morgan fingerprint density at radius 3 is 2.52 bits per heavy atom. The summed E-state index contributed by atoms with van der Waals surface area (Å²) in [6, 6.07) is 15.7. The molecule has 2 unspecified atom stereocenters. The highest BCUT2D eigenvalue weighted by molar-refractivity contribution is 7.85. The molecule has 0 aromatic heterocycles. The van der Waals surface area contributed by atoms with Gasteiger partial charge in [0.15, 0.2) is 17.5 Å². The minimum absolute atomic E-state index is 0.195. The SMILES string of the molecule is CCC(CNC(=NC)NCCS(=O)c1ccccc1)Oc1ccccc1F. The van der Waals surface area contributed by atoms with Gasteiger partial charge in [0.1, 0.15) is 6.10 Å². The van der Waals surface area contributed by atoms with Gasteiger partial charge in [-0.2, -0.15) is 0 Å². The van der Waals surface area contributed by atoms with E-state index in [1.165, 1.54) is 6.07 Å². The third-order valence-electron chi connectivity index (χ3n) is 3.89. The molecule has 5 nitrogen and oxygen atoms in total. The first-order valence-electron chi connectivity index (χ1n) is 8.93. The van der Waals surface area contributed by atoms with Crippen LogP contribution in [0, 0.1) is 5.82 Å². The van der Waals surface area contributed by atoms with E-state index in [2.05, 4.69) is 15.6 Å². The van der Waals surface area contributed by atoms with Crippen molar-refractivity contribution in [1.29, 1.82) is 0 Å². The van der Waals surface area contributed by atoms with Crippen LogP contribution in [0.25, 0.3) is 0 Å². The fourth-order valence-electron chi connectivity index (χ4n) is 2.37. The third kappa shape index (κ3) is 7.02. The van der Waals surface area contributed by atoms with E-state index in [1.807, 2.05) is 37.3 Å². The summed E-state index contributed by atoms with van der Waals surface area (Å²) in [6.45, 7) is 2.98. The number of guanidine groups is 1. The number of halogens is 1. The van der Waals surface area contributed by atoms with Gasteiger partial charge in [-0.15, -0.1) is 0 Å². The monoisotopic (exact) mass is 391 g/mol. The predicted octanol–water partition coefficient (Wildman–Crippen LogP) is 2.96. The van der Waals surface area contributed by atoms with Crippen molar-refractivity contribution in [2.24, 2.45) is 4.99 Å². The summed E-state index contributed by atoms with van der Waals surface area (Å²) in [6.07, 6.45) is 0.523. The molecule has 2 rings (SSSR count). The van der Waals surface area contributed by atoms with Gasteiger partial charge in [0.25, 0.3) is 0 Å². The number of benzene rings is 2. The standard InChI is InChI=1S/C20H26FN3O2S/c1-3-16(26-19-12-8-7-11-18(19)21)15-24-20(22-2)23-13-14-27(25)17-9-5-4-6-10-17/h4-12,16H,3,13-15H2,1-2H3,(H2,22,23,24). The fourth-order valence-corrected chi connectivity index (χ4v) is 3.36. The van der Waals surface area contributed by atoms with E-state index in [9.17, 15) is 8.60 Å². The summed E-state index contributed by atoms with van der Waals surface area (Å²) in [5, 5.41) is 6.31. The molecule has 2 aromatic rings. The van der Waals surface area contributed by atoms with Gasteiger partial charge in [-0.25, -0.2) is 4.39 Å². The number of para-hydroxylation sites is 1. The highest BCUT2D eigenvalue weighted by Gasteiger charge is 2.12. The zero-order valence-electron chi connectivity index (χ0n) is 15.7. The summed E-state index contributed by atoms with van der Waals surface area (Å²) in [5.74, 6) is 0.943. The molecule has 0 heterocycles. The quantitative estimate of drug-likeness (QED) is 0.510. The number of rotatable bonds is 9. The van der Waals surface area contributed by atoms with Crippen LogP contribution in [0.1, 0.15) is 13.3 Å². The first-order chi connectivity index (χ1) is 13.1. The highest BCUT2D eigenvalue weighted by Crippen LogP contribution is 2.17. The van der Waals surface area contributed by atoms with E-state index in [1.54, 1.807) is 25.2 Å². The van der Waals surface area contributed by atoms with Crippen LogP contribution in [0.4, 0.5) is 4.39 Å². The van der Waals surface area contributed by atoms with Gasteiger partial charge in [0, 0.05) is 24.2 Å². The Kier molecular flexibility index (Phi) is 8.77. The summed E-state index contributed by atoms with van der Waals surface area (Å²) in [7, 11) is 0.612. The predicted molar refractivity (Wildman–Crippen MR) is 108 cm³/mol. The van der Waals surface area contributed by atoms with Crippen molar-refractivity contribution >= 4 is 16.8 Å². The Hall–Kier alpha value is -2.41. The lowest BCUT2D eigenvalue weighted by Crippen LogP contribution is -2.43. The zero-order valence-corrected chi connectivity index (χ0v) is 16.5. The number of hydrogen-bond acceptors (Lipinski definition) is 3. The van der Waals surface area contributed by atoms with Crippen molar-refractivity contribution in [2.75, 3.05) is 25.9 Å². The minimum atomic E-state index is -1.06.